The summed E-state index contributed by atoms with van der Waals surface area (Å²) in [4.78, 5) is 0. The van der Waals surface area contributed by atoms with E-state index in [0.717, 1.165) is 36.0 Å². The van der Waals surface area contributed by atoms with Crippen molar-refractivity contribution in [3.63, 3.8) is 0 Å². The van der Waals surface area contributed by atoms with Crippen LogP contribution in [0.1, 0.15) is 48.8 Å². The summed E-state index contributed by atoms with van der Waals surface area (Å²) >= 11 is 0. The first kappa shape index (κ1) is 33.1. The van der Waals surface area contributed by atoms with Gasteiger partial charge in [-0.25, -0.2) is 0 Å². The lowest BCUT2D eigenvalue weighted by Crippen LogP contribution is -2.66. The Kier molecular flexibility index (Phi) is 10.1. The minimum atomic E-state index is -6.09. The molecular formula is C34H37F3O8S. The van der Waals surface area contributed by atoms with Gasteiger partial charge in [0.15, 0.2) is 5.79 Å². The van der Waals surface area contributed by atoms with Crippen LogP contribution < -0.4 is 0 Å². The number of benzene rings is 3. The lowest BCUT2D eigenvalue weighted by molar-refractivity contribution is -0.233. The third kappa shape index (κ3) is 7.49. The molecule has 1 saturated heterocycles. The summed E-state index contributed by atoms with van der Waals surface area (Å²) in [6.07, 6.45) is -3.59. The van der Waals surface area contributed by atoms with Crippen LogP contribution in [0.3, 0.4) is 0 Å². The van der Waals surface area contributed by atoms with Crippen molar-refractivity contribution in [3.8, 4) is 0 Å². The smallest absolute Gasteiger partial charge is 0.368 e. The molecule has 2 saturated carbocycles. The van der Waals surface area contributed by atoms with E-state index in [0.29, 0.717) is 12.8 Å². The van der Waals surface area contributed by atoms with Gasteiger partial charge in [0.1, 0.15) is 36.6 Å². The Balaban J connectivity index is 1.41. The van der Waals surface area contributed by atoms with Gasteiger partial charge in [-0.05, 0) is 29.5 Å². The zero-order valence-corrected chi connectivity index (χ0v) is 25.9. The van der Waals surface area contributed by atoms with Crippen molar-refractivity contribution in [3.05, 3.63) is 108 Å². The van der Waals surface area contributed by atoms with Crippen molar-refractivity contribution in [2.45, 2.75) is 99.8 Å². The molecule has 248 valence electrons. The fourth-order valence-corrected chi connectivity index (χ4v) is 7.04. The molecule has 0 amide bonds. The minimum Gasteiger partial charge on any atom is -0.368 e. The van der Waals surface area contributed by atoms with Crippen LogP contribution in [0.5, 0.6) is 0 Å². The van der Waals surface area contributed by atoms with Gasteiger partial charge in [0, 0.05) is 12.8 Å². The summed E-state index contributed by atoms with van der Waals surface area (Å²) in [6.45, 7) is -0.0417. The van der Waals surface area contributed by atoms with E-state index in [-0.39, 0.29) is 19.8 Å². The van der Waals surface area contributed by atoms with Crippen molar-refractivity contribution >= 4 is 10.1 Å². The first-order valence-electron chi connectivity index (χ1n) is 15.5. The van der Waals surface area contributed by atoms with Crippen molar-refractivity contribution in [1.82, 2.24) is 0 Å². The fourth-order valence-electron chi connectivity index (χ4n) is 6.42. The lowest BCUT2D eigenvalue weighted by Gasteiger charge is -2.46. The van der Waals surface area contributed by atoms with Crippen molar-refractivity contribution < 1.29 is 49.5 Å². The quantitative estimate of drug-likeness (QED) is 0.171. The summed E-state index contributed by atoms with van der Waals surface area (Å²) in [6, 6.07) is 27.3. The molecule has 0 bridgehead atoms. The van der Waals surface area contributed by atoms with Gasteiger partial charge in [0.05, 0.1) is 19.8 Å². The van der Waals surface area contributed by atoms with Gasteiger partial charge in [-0.2, -0.15) is 21.6 Å². The fraction of sp³-hybridized carbons (Fsp3) is 0.471. The van der Waals surface area contributed by atoms with Crippen LogP contribution in [0, 0.1) is 0 Å². The van der Waals surface area contributed by atoms with E-state index >= 15 is 0 Å². The third-order valence-electron chi connectivity index (χ3n) is 8.64. The summed E-state index contributed by atoms with van der Waals surface area (Å²) in [7, 11) is -6.09. The SMILES string of the molecule is O=S(=O)(O[C@@H]1C(OCc2ccccc2)C2OC3(CCCCC3)O[C@@H]2[C@H](OCc2ccccc2)C1OCc1ccccc1)C(F)(F)F. The molecule has 3 aromatic rings. The Hall–Kier alpha value is -2.84. The standard InChI is InChI=1S/C34H37F3O8S/c35-34(36,37)46(38,39)45-32-28(41-22-25-15-7-2-8-16-25)27(40-21-24-13-5-1-6-14-24)30-31(44-33(43-30)19-11-4-12-20-33)29(32)42-23-26-17-9-3-10-18-26/h1-3,5-10,13-18,27-32H,4,11-12,19-23H2/t27-,28?,29?,30-,31?,32+/m1/s1. The zero-order chi connectivity index (χ0) is 32.2. The number of fused-ring (bicyclic) bond motifs is 1. The molecule has 1 spiro atoms. The first-order valence-corrected chi connectivity index (χ1v) is 16.9. The maximum atomic E-state index is 13.9. The molecule has 12 heteroatoms. The predicted octanol–water partition coefficient (Wildman–Crippen LogP) is 6.44. The highest BCUT2D eigenvalue weighted by atomic mass is 32.2. The summed E-state index contributed by atoms with van der Waals surface area (Å²) in [5.74, 6) is -1.02. The Morgan fingerprint density at radius 2 is 1.00 bits per heavy atom. The number of rotatable bonds is 11. The van der Waals surface area contributed by atoms with Crippen LogP contribution >= 0.6 is 0 Å². The van der Waals surface area contributed by atoms with E-state index in [1.54, 1.807) is 48.5 Å². The maximum Gasteiger partial charge on any atom is 0.523 e. The monoisotopic (exact) mass is 662 g/mol. The highest BCUT2D eigenvalue weighted by molar-refractivity contribution is 7.87. The van der Waals surface area contributed by atoms with Gasteiger partial charge in [-0.1, -0.05) is 97.4 Å². The molecule has 1 aliphatic heterocycles. The van der Waals surface area contributed by atoms with Gasteiger partial charge in [-0.3, -0.25) is 4.18 Å². The molecule has 46 heavy (non-hydrogen) atoms. The Labute approximate surface area is 266 Å². The van der Waals surface area contributed by atoms with Crippen molar-refractivity contribution in [1.29, 1.82) is 0 Å². The van der Waals surface area contributed by atoms with E-state index in [2.05, 4.69) is 0 Å². The Bertz CT molecular complexity index is 1500. The normalized spacial score (nSPS) is 27.8. The molecule has 0 aromatic heterocycles. The molecule has 3 unspecified atom stereocenters. The topological polar surface area (TPSA) is 89.5 Å². The molecule has 3 fully saturated rings. The average Bonchev–Trinajstić information content (AvgIpc) is 3.41. The molecule has 8 nitrogen and oxygen atoms in total. The summed E-state index contributed by atoms with van der Waals surface area (Å²) < 4.78 is 104. The molecule has 1 heterocycles. The van der Waals surface area contributed by atoms with Gasteiger partial charge >= 0.3 is 15.6 Å². The largest absolute Gasteiger partial charge is 0.523 e. The van der Waals surface area contributed by atoms with Gasteiger partial charge < -0.3 is 23.7 Å². The van der Waals surface area contributed by atoms with Crippen LogP contribution in [0.2, 0.25) is 0 Å². The second kappa shape index (κ2) is 14.1. The van der Waals surface area contributed by atoms with Crippen LogP contribution in [0.25, 0.3) is 0 Å². The summed E-state index contributed by atoms with van der Waals surface area (Å²) in [5, 5.41) is 0. The van der Waals surface area contributed by atoms with E-state index in [1.165, 1.54) is 0 Å². The molecule has 0 N–H and O–H groups in total. The molecule has 3 aliphatic rings. The Morgan fingerprint density at radius 3 is 1.41 bits per heavy atom. The van der Waals surface area contributed by atoms with E-state index in [4.69, 9.17) is 27.9 Å². The Morgan fingerprint density at radius 1 is 0.609 bits per heavy atom. The van der Waals surface area contributed by atoms with E-state index < -0.39 is 58.0 Å². The van der Waals surface area contributed by atoms with E-state index in [9.17, 15) is 21.6 Å². The highest BCUT2D eigenvalue weighted by Crippen LogP contribution is 2.48. The van der Waals surface area contributed by atoms with Gasteiger partial charge in [-0.15, -0.1) is 0 Å². The number of ether oxygens (including phenoxy) is 5. The molecule has 3 aromatic carbocycles. The first-order chi connectivity index (χ1) is 22.1. The van der Waals surface area contributed by atoms with E-state index in [1.807, 2.05) is 42.5 Å². The molecule has 0 radical (unpaired) electrons. The van der Waals surface area contributed by atoms with Crippen LogP contribution in [0.15, 0.2) is 91.0 Å². The molecular weight excluding hydrogens is 625 g/mol. The van der Waals surface area contributed by atoms with Crippen LogP contribution in [-0.2, 0) is 57.8 Å². The predicted molar refractivity (Wildman–Crippen MR) is 160 cm³/mol. The number of halogens is 3. The van der Waals surface area contributed by atoms with Crippen LogP contribution in [-0.4, -0.2) is 56.3 Å². The van der Waals surface area contributed by atoms with Gasteiger partial charge in [0.2, 0.25) is 0 Å². The minimum absolute atomic E-state index is 0.0437. The average molecular weight is 663 g/mol. The molecule has 6 atom stereocenters. The van der Waals surface area contributed by atoms with Crippen molar-refractivity contribution in [2.24, 2.45) is 0 Å². The number of hydrogen-bond donors (Lipinski definition) is 0. The third-order valence-corrected chi connectivity index (χ3v) is 9.68. The van der Waals surface area contributed by atoms with Gasteiger partial charge in [0.25, 0.3) is 0 Å². The molecule has 2 aliphatic carbocycles. The highest BCUT2D eigenvalue weighted by Gasteiger charge is 2.64. The van der Waals surface area contributed by atoms with Crippen LogP contribution in [0.4, 0.5) is 13.2 Å². The maximum absolute atomic E-state index is 13.9. The second-order valence-corrected chi connectivity index (χ2v) is 13.4. The summed E-state index contributed by atoms with van der Waals surface area (Å²) in [5.41, 5.74) is -3.43. The number of hydrogen-bond acceptors (Lipinski definition) is 8. The van der Waals surface area contributed by atoms with Crippen molar-refractivity contribution in [2.75, 3.05) is 0 Å². The second-order valence-electron chi connectivity index (χ2n) is 11.9. The zero-order valence-electron chi connectivity index (χ0n) is 25.1. The molecule has 6 rings (SSSR count). The number of alkyl halides is 3. The lowest BCUT2D eigenvalue weighted by atomic mass is 9.84.